The van der Waals surface area contributed by atoms with E-state index in [0.717, 1.165) is 56.7 Å². The number of nitrogens with one attached hydrogen (secondary N) is 2. The molecule has 0 aliphatic carbocycles. The molecule has 124 valence electrons. The molecule has 0 saturated carbocycles. The van der Waals surface area contributed by atoms with E-state index in [1.165, 1.54) is 0 Å². The van der Waals surface area contributed by atoms with Gasteiger partial charge in [-0.3, -0.25) is 0 Å². The van der Waals surface area contributed by atoms with Crippen LogP contribution in [0.1, 0.15) is 39.0 Å². The molecule has 0 aromatic heterocycles. The summed E-state index contributed by atoms with van der Waals surface area (Å²) in [5.74, 6) is 2.58. The fourth-order valence-electron chi connectivity index (χ4n) is 3.00. The van der Waals surface area contributed by atoms with Gasteiger partial charge in [0.25, 0.3) is 10.2 Å². The minimum Gasteiger partial charge on any atom is -0.316 e. The van der Waals surface area contributed by atoms with E-state index < -0.39 is 10.2 Å². The van der Waals surface area contributed by atoms with E-state index in [4.69, 9.17) is 0 Å². The van der Waals surface area contributed by atoms with Gasteiger partial charge >= 0.3 is 0 Å². The van der Waals surface area contributed by atoms with E-state index in [1.807, 2.05) is 11.8 Å². The van der Waals surface area contributed by atoms with Crippen LogP contribution in [-0.4, -0.2) is 56.4 Å². The lowest BCUT2D eigenvalue weighted by Gasteiger charge is -2.33. The number of nitrogens with zero attached hydrogens (tertiary/aromatic N) is 1. The maximum atomic E-state index is 12.5. The van der Waals surface area contributed by atoms with Gasteiger partial charge in [0.15, 0.2) is 0 Å². The number of thioether (sulfide) groups is 1. The van der Waals surface area contributed by atoms with Crippen LogP contribution in [0.25, 0.3) is 0 Å². The molecule has 0 amide bonds. The van der Waals surface area contributed by atoms with Crippen LogP contribution in [0.5, 0.6) is 0 Å². The van der Waals surface area contributed by atoms with Gasteiger partial charge in [0.1, 0.15) is 0 Å². The van der Waals surface area contributed by atoms with Crippen molar-refractivity contribution >= 4 is 22.0 Å². The topological polar surface area (TPSA) is 61.4 Å². The monoisotopic (exact) mass is 335 g/mol. The molecule has 2 saturated heterocycles. The Bertz CT molecular complexity index is 397. The van der Waals surface area contributed by atoms with Crippen LogP contribution in [0.3, 0.4) is 0 Å². The molecule has 0 radical (unpaired) electrons. The van der Waals surface area contributed by atoms with Crippen molar-refractivity contribution in [3.8, 4) is 0 Å². The average molecular weight is 336 g/mol. The van der Waals surface area contributed by atoms with Crippen LogP contribution >= 0.6 is 11.8 Å². The van der Waals surface area contributed by atoms with Gasteiger partial charge in [-0.1, -0.05) is 6.92 Å². The van der Waals surface area contributed by atoms with E-state index in [2.05, 4.69) is 17.0 Å². The van der Waals surface area contributed by atoms with Crippen molar-refractivity contribution in [2.24, 2.45) is 5.92 Å². The van der Waals surface area contributed by atoms with E-state index in [0.29, 0.717) is 19.0 Å². The Morgan fingerprint density at radius 3 is 2.71 bits per heavy atom. The second kappa shape index (κ2) is 8.72. The Balaban J connectivity index is 1.83. The van der Waals surface area contributed by atoms with Crippen molar-refractivity contribution in [1.29, 1.82) is 0 Å². The molecule has 2 N–H and O–H groups in total. The fraction of sp³-hybridized carbons (Fsp3) is 1.00. The summed E-state index contributed by atoms with van der Waals surface area (Å²) in [6.45, 7) is 5.42. The highest BCUT2D eigenvalue weighted by atomic mass is 32.2. The Kier molecular flexibility index (Phi) is 7.28. The highest BCUT2D eigenvalue weighted by molar-refractivity contribution is 7.99. The quantitative estimate of drug-likeness (QED) is 0.691. The summed E-state index contributed by atoms with van der Waals surface area (Å²) >= 11 is 1.92. The lowest BCUT2D eigenvalue weighted by atomic mass is 10.00. The third kappa shape index (κ3) is 5.71. The summed E-state index contributed by atoms with van der Waals surface area (Å²) in [5.41, 5.74) is 0. The molecule has 2 aliphatic heterocycles. The molecule has 7 heteroatoms. The largest absolute Gasteiger partial charge is 0.316 e. The summed E-state index contributed by atoms with van der Waals surface area (Å²) in [6, 6.07) is 0.134. The standard InChI is InChI=1S/C14H29N3O2S2/c1-2-7-15-11-13-4-3-8-17(12-13)21(18,19)16-14-5-9-20-10-6-14/h13-16H,2-12H2,1H3. The zero-order chi connectivity index (χ0) is 15.1. The summed E-state index contributed by atoms with van der Waals surface area (Å²) < 4.78 is 29.6. The lowest BCUT2D eigenvalue weighted by Crippen LogP contribution is -2.50. The third-order valence-electron chi connectivity index (χ3n) is 4.22. The normalized spacial score (nSPS) is 26.0. The molecule has 5 nitrogen and oxygen atoms in total. The van der Waals surface area contributed by atoms with Crippen molar-refractivity contribution in [1.82, 2.24) is 14.3 Å². The summed E-state index contributed by atoms with van der Waals surface area (Å²) in [6.07, 6.45) is 5.14. The summed E-state index contributed by atoms with van der Waals surface area (Å²) in [4.78, 5) is 0. The predicted molar refractivity (Wildman–Crippen MR) is 89.9 cm³/mol. The van der Waals surface area contributed by atoms with E-state index in [1.54, 1.807) is 4.31 Å². The first-order valence-electron chi connectivity index (χ1n) is 8.17. The number of hydrogen-bond donors (Lipinski definition) is 2. The highest BCUT2D eigenvalue weighted by Crippen LogP contribution is 2.21. The second-order valence-corrected chi connectivity index (χ2v) is 9.01. The summed E-state index contributed by atoms with van der Waals surface area (Å²) in [7, 11) is -3.30. The highest BCUT2D eigenvalue weighted by Gasteiger charge is 2.30. The maximum Gasteiger partial charge on any atom is 0.279 e. The summed E-state index contributed by atoms with van der Waals surface area (Å²) in [5, 5.41) is 3.41. The zero-order valence-corrected chi connectivity index (χ0v) is 14.6. The Labute approximate surface area is 133 Å². The molecular formula is C14H29N3O2S2. The molecule has 0 aromatic rings. The molecule has 0 aromatic carbocycles. The van der Waals surface area contributed by atoms with Crippen LogP contribution in [0.15, 0.2) is 0 Å². The second-order valence-electron chi connectivity index (χ2n) is 6.08. The predicted octanol–water partition coefficient (Wildman–Crippen LogP) is 1.43. The SMILES string of the molecule is CCCNCC1CCCN(S(=O)(=O)NC2CCSCC2)C1. The van der Waals surface area contributed by atoms with Crippen LogP contribution in [0.2, 0.25) is 0 Å². The number of hydrogen-bond acceptors (Lipinski definition) is 4. The molecule has 0 spiro atoms. The first kappa shape index (κ1) is 17.5. The molecule has 1 atom stereocenters. The fourth-order valence-corrected chi connectivity index (χ4v) is 5.68. The Morgan fingerprint density at radius 1 is 1.24 bits per heavy atom. The molecule has 21 heavy (non-hydrogen) atoms. The van der Waals surface area contributed by atoms with Gasteiger partial charge in [0, 0.05) is 19.1 Å². The van der Waals surface area contributed by atoms with Gasteiger partial charge < -0.3 is 5.32 Å². The third-order valence-corrected chi connectivity index (χ3v) is 6.91. The van der Waals surface area contributed by atoms with E-state index >= 15 is 0 Å². The van der Waals surface area contributed by atoms with E-state index in [-0.39, 0.29) is 6.04 Å². The van der Waals surface area contributed by atoms with Gasteiger partial charge in [-0.15, -0.1) is 0 Å². The van der Waals surface area contributed by atoms with Crippen LogP contribution in [0.4, 0.5) is 0 Å². The van der Waals surface area contributed by atoms with Crippen molar-refractivity contribution in [3.05, 3.63) is 0 Å². The van der Waals surface area contributed by atoms with Gasteiger partial charge in [-0.25, -0.2) is 0 Å². The van der Waals surface area contributed by atoms with Crippen LogP contribution < -0.4 is 10.0 Å². The minimum atomic E-state index is -3.30. The smallest absolute Gasteiger partial charge is 0.279 e. The first-order valence-corrected chi connectivity index (χ1v) is 10.8. The lowest BCUT2D eigenvalue weighted by molar-refractivity contribution is 0.256. The van der Waals surface area contributed by atoms with Crippen molar-refractivity contribution < 1.29 is 8.42 Å². The van der Waals surface area contributed by atoms with Gasteiger partial charge in [-0.05, 0) is 62.6 Å². The minimum absolute atomic E-state index is 0.134. The number of piperidine rings is 1. The van der Waals surface area contributed by atoms with Crippen molar-refractivity contribution in [3.63, 3.8) is 0 Å². The van der Waals surface area contributed by atoms with Gasteiger partial charge in [0.05, 0.1) is 0 Å². The molecule has 0 bridgehead atoms. The van der Waals surface area contributed by atoms with Crippen molar-refractivity contribution in [2.75, 3.05) is 37.7 Å². The van der Waals surface area contributed by atoms with E-state index in [9.17, 15) is 8.42 Å². The molecule has 2 rings (SSSR count). The van der Waals surface area contributed by atoms with Gasteiger partial charge in [0.2, 0.25) is 0 Å². The van der Waals surface area contributed by atoms with Crippen LogP contribution in [-0.2, 0) is 10.2 Å². The zero-order valence-electron chi connectivity index (χ0n) is 13.0. The molecule has 2 fully saturated rings. The maximum absolute atomic E-state index is 12.5. The van der Waals surface area contributed by atoms with Crippen LogP contribution in [0, 0.1) is 5.92 Å². The molecule has 2 aliphatic rings. The Hall–Kier alpha value is 0.180. The molecule has 2 heterocycles. The average Bonchev–Trinajstić information content (AvgIpc) is 2.48. The molecule has 1 unspecified atom stereocenters. The Morgan fingerprint density at radius 2 is 2.00 bits per heavy atom. The molecular weight excluding hydrogens is 306 g/mol. The first-order chi connectivity index (χ1) is 10.1. The van der Waals surface area contributed by atoms with Crippen molar-refractivity contribution in [2.45, 2.75) is 45.1 Å². The number of rotatable bonds is 7. The van der Waals surface area contributed by atoms with Gasteiger partial charge in [-0.2, -0.15) is 29.2 Å².